The summed E-state index contributed by atoms with van der Waals surface area (Å²) < 4.78 is 25.4. The Bertz CT molecular complexity index is 1280. The summed E-state index contributed by atoms with van der Waals surface area (Å²) in [7, 11) is 3.14. The van der Waals surface area contributed by atoms with Crippen LogP contribution in [0.2, 0.25) is 0 Å². The number of rotatable bonds is 5. The second kappa shape index (κ2) is 8.02. The van der Waals surface area contributed by atoms with Crippen LogP contribution in [-0.2, 0) is 0 Å². The van der Waals surface area contributed by atoms with Crippen molar-refractivity contribution in [1.82, 2.24) is 19.8 Å². The van der Waals surface area contributed by atoms with Crippen LogP contribution in [0.15, 0.2) is 42.5 Å². The topological polar surface area (TPSA) is 90.6 Å². The molecule has 31 heavy (non-hydrogen) atoms. The molecule has 9 heteroatoms. The number of aryl methyl sites for hydroxylation is 2. The van der Waals surface area contributed by atoms with Gasteiger partial charge in [0.15, 0.2) is 22.8 Å². The molecule has 4 aromatic rings. The molecule has 2 heterocycles. The molecule has 0 bridgehead atoms. The summed E-state index contributed by atoms with van der Waals surface area (Å²) in [5.41, 5.74) is 3.96. The van der Waals surface area contributed by atoms with Gasteiger partial charge in [0.1, 0.15) is 5.82 Å². The van der Waals surface area contributed by atoms with Crippen LogP contribution in [0, 0.1) is 19.7 Å². The molecule has 0 saturated heterocycles. The molecule has 0 aliphatic rings. The van der Waals surface area contributed by atoms with Gasteiger partial charge in [0.2, 0.25) is 0 Å². The summed E-state index contributed by atoms with van der Waals surface area (Å²) in [5, 5.41) is 15.7. The van der Waals surface area contributed by atoms with E-state index in [0.29, 0.717) is 28.5 Å². The average Bonchev–Trinajstić information content (AvgIpc) is 3.11. The van der Waals surface area contributed by atoms with Crippen LogP contribution in [0.4, 0.5) is 10.1 Å². The molecule has 0 fully saturated rings. The summed E-state index contributed by atoms with van der Waals surface area (Å²) in [6.45, 7) is 3.60. The predicted molar refractivity (Wildman–Crippen MR) is 113 cm³/mol. The number of anilines is 1. The van der Waals surface area contributed by atoms with Crippen molar-refractivity contribution in [2.75, 3.05) is 19.5 Å². The highest BCUT2D eigenvalue weighted by Crippen LogP contribution is 2.35. The van der Waals surface area contributed by atoms with Gasteiger partial charge in [-0.1, -0.05) is 6.07 Å². The highest BCUT2D eigenvalue weighted by Gasteiger charge is 2.21. The Morgan fingerprint density at radius 2 is 1.71 bits per heavy atom. The van der Waals surface area contributed by atoms with E-state index in [2.05, 4.69) is 20.6 Å². The van der Waals surface area contributed by atoms with Crippen molar-refractivity contribution in [1.29, 1.82) is 0 Å². The predicted octanol–water partition coefficient (Wildman–Crippen LogP) is 3.82. The molecule has 2 aromatic carbocycles. The first-order valence-corrected chi connectivity index (χ1v) is 9.45. The van der Waals surface area contributed by atoms with Crippen LogP contribution in [0.1, 0.15) is 21.9 Å². The normalized spacial score (nSPS) is 10.9. The van der Waals surface area contributed by atoms with E-state index < -0.39 is 5.91 Å². The Kier molecular flexibility index (Phi) is 5.24. The first kappa shape index (κ1) is 20.3. The summed E-state index contributed by atoms with van der Waals surface area (Å²) in [6, 6.07) is 11.0. The van der Waals surface area contributed by atoms with Crippen LogP contribution in [0.25, 0.3) is 16.8 Å². The fraction of sp³-hybridized carbons (Fsp3) is 0.182. The van der Waals surface area contributed by atoms with Gasteiger partial charge in [-0.2, -0.15) is 5.10 Å². The average molecular weight is 421 g/mol. The molecule has 0 aliphatic carbocycles. The number of carbonyl (C=O) groups is 1. The smallest absolute Gasteiger partial charge is 0.278 e. The van der Waals surface area contributed by atoms with Gasteiger partial charge in [0.25, 0.3) is 5.91 Å². The van der Waals surface area contributed by atoms with E-state index in [1.54, 1.807) is 25.7 Å². The number of hydrogen-bond donors (Lipinski definition) is 1. The maximum Gasteiger partial charge on any atom is 0.278 e. The second-order valence-corrected chi connectivity index (χ2v) is 6.86. The number of halogens is 1. The molecule has 0 saturated carbocycles. The Hall–Kier alpha value is -4.01. The minimum atomic E-state index is -0.459. The monoisotopic (exact) mass is 421 g/mol. The third-order valence-corrected chi connectivity index (χ3v) is 4.93. The molecular formula is C22H20FN5O3. The molecule has 1 amide bonds. The maximum absolute atomic E-state index is 13.1. The number of aromatic nitrogens is 4. The van der Waals surface area contributed by atoms with E-state index >= 15 is 0 Å². The molecule has 158 valence electrons. The van der Waals surface area contributed by atoms with E-state index in [1.807, 2.05) is 25.1 Å². The molecule has 0 spiro atoms. The number of benzene rings is 2. The quantitative estimate of drug-likeness (QED) is 0.527. The largest absolute Gasteiger partial charge is 0.493 e. The lowest BCUT2D eigenvalue weighted by Gasteiger charge is -2.10. The van der Waals surface area contributed by atoms with E-state index in [-0.39, 0.29) is 11.5 Å². The van der Waals surface area contributed by atoms with Crippen molar-refractivity contribution in [3.63, 3.8) is 0 Å². The number of nitrogens with zero attached hydrogens (tertiary/aromatic N) is 4. The Morgan fingerprint density at radius 1 is 1.00 bits per heavy atom. The highest BCUT2D eigenvalue weighted by molar-refractivity contribution is 6.03. The number of carbonyl (C=O) groups excluding carboxylic acids is 1. The lowest BCUT2D eigenvalue weighted by molar-refractivity contribution is 0.102. The number of amides is 1. The van der Waals surface area contributed by atoms with Crippen LogP contribution in [0.3, 0.4) is 0 Å². The van der Waals surface area contributed by atoms with E-state index in [9.17, 15) is 9.18 Å². The van der Waals surface area contributed by atoms with E-state index in [0.717, 1.165) is 16.8 Å². The summed E-state index contributed by atoms with van der Waals surface area (Å²) in [4.78, 5) is 12.7. The summed E-state index contributed by atoms with van der Waals surface area (Å²) in [5.74, 6) is 0.352. The molecular weight excluding hydrogens is 401 g/mol. The Balaban J connectivity index is 1.75. The number of nitrogens with one attached hydrogen (secondary N) is 1. The summed E-state index contributed by atoms with van der Waals surface area (Å²) in [6.07, 6.45) is 0. The maximum atomic E-state index is 13.1. The highest BCUT2D eigenvalue weighted by atomic mass is 19.1. The van der Waals surface area contributed by atoms with Gasteiger partial charge in [-0.05, 0) is 55.8 Å². The molecule has 1 N–H and O–H groups in total. The summed E-state index contributed by atoms with van der Waals surface area (Å²) >= 11 is 0. The Morgan fingerprint density at radius 3 is 2.39 bits per heavy atom. The number of ether oxygens (including phenoxy) is 2. The van der Waals surface area contributed by atoms with Crippen molar-refractivity contribution >= 4 is 17.2 Å². The van der Waals surface area contributed by atoms with Gasteiger partial charge < -0.3 is 14.8 Å². The van der Waals surface area contributed by atoms with Crippen molar-refractivity contribution in [2.24, 2.45) is 0 Å². The van der Waals surface area contributed by atoms with Gasteiger partial charge >= 0.3 is 0 Å². The molecule has 8 nitrogen and oxygen atoms in total. The number of methoxy groups -OCH3 is 2. The molecule has 0 aliphatic heterocycles. The van der Waals surface area contributed by atoms with Crippen molar-refractivity contribution < 1.29 is 18.7 Å². The van der Waals surface area contributed by atoms with Crippen LogP contribution < -0.4 is 14.8 Å². The fourth-order valence-electron chi connectivity index (χ4n) is 3.37. The van der Waals surface area contributed by atoms with Gasteiger partial charge in [0.05, 0.1) is 31.2 Å². The Labute approximate surface area is 177 Å². The van der Waals surface area contributed by atoms with Crippen LogP contribution in [0.5, 0.6) is 11.5 Å². The van der Waals surface area contributed by atoms with E-state index in [1.165, 1.54) is 24.3 Å². The third kappa shape index (κ3) is 3.65. The zero-order valence-corrected chi connectivity index (χ0v) is 17.4. The minimum Gasteiger partial charge on any atom is -0.493 e. The standard InChI is InChI=1S/C22H20FN5O3/c1-12-19(14-5-10-17(30-3)18(11-14)31-4)21-26-25-20(13(2)28(21)27-12)22(29)24-16-8-6-15(23)7-9-16/h5-11H,1-4H3,(H,24,29). The zero-order valence-electron chi connectivity index (χ0n) is 17.4. The molecule has 4 rings (SSSR count). The van der Waals surface area contributed by atoms with Crippen LogP contribution >= 0.6 is 0 Å². The van der Waals surface area contributed by atoms with Crippen molar-refractivity contribution in [3.8, 4) is 22.6 Å². The molecule has 0 radical (unpaired) electrons. The lowest BCUT2D eigenvalue weighted by Crippen LogP contribution is -2.18. The number of hydrogen-bond acceptors (Lipinski definition) is 6. The molecule has 2 aromatic heterocycles. The number of fused-ring (bicyclic) bond motifs is 1. The van der Waals surface area contributed by atoms with E-state index in [4.69, 9.17) is 9.47 Å². The zero-order chi connectivity index (χ0) is 22.1. The van der Waals surface area contributed by atoms with Gasteiger partial charge in [-0.3, -0.25) is 4.79 Å². The lowest BCUT2D eigenvalue weighted by atomic mass is 10.1. The first-order valence-electron chi connectivity index (χ1n) is 9.45. The van der Waals surface area contributed by atoms with Gasteiger partial charge in [0, 0.05) is 5.69 Å². The van der Waals surface area contributed by atoms with Crippen molar-refractivity contribution in [2.45, 2.75) is 13.8 Å². The SMILES string of the molecule is COc1ccc(-c2c(C)nn3c(C)c(C(=O)Nc4ccc(F)cc4)nnc23)cc1OC. The van der Waals surface area contributed by atoms with Gasteiger partial charge in [-0.25, -0.2) is 8.91 Å². The van der Waals surface area contributed by atoms with Crippen LogP contribution in [-0.4, -0.2) is 39.9 Å². The molecule has 0 unspecified atom stereocenters. The van der Waals surface area contributed by atoms with Gasteiger partial charge in [-0.15, -0.1) is 10.2 Å². The second-order valence-electron chi connectivity index (χ2n) is 6.86. The minimum absolute atomic E-state index is 0.123. The third-order valence-electron chi connectivity index (χ3n) is 4.93. The first-order chi connectivity index (χ1) is 14.9. The van der Waals surface area contributed by atoms with Crippen molar-refractivity contribution in [3.05, 3.63) is 65.4 Å². The fourth-order valence-corrected chi connectivity index (χ4v) is 3.37. The molecule has 0 atom stereocenters.